The Hall–Kier alpha value is -1.20. The molecule has 0 amide bonds. The van der Waals surface area contributed by atoms with Gasteiger partial charge in [-0.05, 0) is 30.0 Å². The van der Waals surface area contributed by atoms with E-state index in [0.29, 0.717) is 6.42 Å². The van der Waals surface area contributed by atoms with Crippen molar-refractivity contribution in [3.63, 3.8) is 0 Å². The molecule has 0 aliphatic heterocycles. The zero-order valence-electron chi connectivity index (χ0n) is 8.97. The van der Waals surface area contributed by atoms with Crippen LogP contribution in [0.3, 0.4) is 0 Å². The zero-order valence-corrected chi connectivity index (χ0v) is 10.6. The summed E-state index contributed by atoms with van der Waals surface area (Å²) in [5, 5.41) is 1.89. The van der Waals surface area contributed by atoms with Crippen molar-refractivity contribution in [2.45, 2.75) is 11.3 Å². The molecule has 0 aliphatic carbocycles. The van der Waals surface area contributed by atoms with E-state index in [9.17, 15) is 12.8 Å². The van der Waals surface area contributed by atoms with Gasteiger partial charge in [0.2, 0.25) is 0 Å². The van der Waals surface area contributed by atoms with Crippen LogP contribution < -0.4 is 0 Å². The smallest absolute Gasteiger partial charge is 0.181 e. The van der Waals surface area contributed by atoms with Crippen LogP contribution >= 0.6 is 11.3 Å². The Morgan fingerprint density at radius 1 is 1.12 bits per heavy atom. The van der Waals surface area contributed by atoms with E-state index in [1.54, 1.807) is 0 Å². The summed E-state index contributed by atoms with van der Waals surface area (Å²) in [6.07, 6.45) is 0.425. The summed E-state index contributed by atoms with van der Waals surface area (Å²) in [6, 6.07) is 9.23. The standard InChI is InChI=1S/C12H11FO2S2/c13-11-5-1-2-6-12(11)17(14,15)9-7-10-4-3-8-16-10/h1-6,8H,7,9H2. The quantitative estimate of drug-likeness (QED) is 0.856. The van der Waals surface area contributed by atoms with Crippen molar-refractivity contribution < 1.29 is 12.8 Å². The van der Waals surface area contributed by atoms with Crippen molar-refractivity contribution >= 4 is 21.2 Å². The first-order valence-electron chi connectivity index (χ1n) is 5.09. The third-order valence-electron chi connectivity index (χ3n) is 2.37. The minimum Gasteiger partial charge on any atom is -0.224 e. The molecule has 90 valence electrons. The first-order chi connectivity index (χ1) is 8.09. The lowest BCUT2D eigenvalue weighted by molar-refractivity contribution is 0.566. The summed E-state index contributed by atoms with van der Waals surface area (Å²) >= 11 is 1.50. The average molecular weight is 270 g/mol. The molecule has 0 N–H and O–H groups in total. The van der Waals surface area contributed by atoms with Crippen LogP contribution in [-0.4, -0.2) is 14.2 Å². The maximum Gasteiger partial charge on any atom is 0.181 e. The number of hydrogen-bond acceptors (Lipinski definition) is 3. The van der Waals surface area contributed by atoms with Crippen molar-refractivity contribution in [3.05, 3.63) is 52.5 Å². The fraction of sp³-hybridized carbons (Fsp3) is 0.167. The molecular weight excluding hydrogens is 259 g/mol. The molecule has 2 nitrogen and oxygen atoms in total. The SMILES string of the molecule is O=S(=O)(CCc1cccs1)c1ccccc1F. The van der Waals surface area contributed by atoms with Crippen LogP contribution in [0.5, 0.6) is 0 Å². The van der Waals surface area contributed by atoms with Gasteiger partial charge in [-0.3, -0.25) is 0 Å². The van der Waals surface area contributed by atoms with Gasteiger partial charge in [0.05, 0.1) is 5.75 Å². The minimum atomic E-state index is -3.54. The Labute approximate surface area is 104 Å². The summed E-state index contributed by atoms with van der Waals surface area (Å²) in [6.45, 7) is 0. The largest absolute Gasteiger partial charge is 0.224 e. The van der Waals surface area contributed by atoms with Gasteiger partial charge in [0.25, 0.3) is 0 Å². The van der Waals surface area contributed by atoms with Crippen LogP contribution in [0.15, 0.2) is 46.7 Å². The predicted molar refractivity (Wildman–Crippen MR) is 66.5 cm³/mol. The number of rotatable bonds is 4. The topological polar surface area (TPSA) is 34.1 Å². The van der Waals surface area contributed by atoms with Crippen molar-refractivity contribution in [2.75, 3.05) is 5.75 Å². The van der Waals surface area contributed by atoms with Crippen LogP contribution in [-0.2, 0) is 16.3 Å². The van der Waals surface area contributed by atoms with Gasteiger partial charge >= 0.3 is 0 Å². The molecule has 0 spiro atoms. The van der Waals surface area contributed by atoms with Crippen LogP contribution in [0.1, 0.15) is 4.88 Å². The normalized spacial score (nSPS) is 11.6. The second-order valence-corrected chi connectivity index (χ2v) is 6.69. The molecule has 0 aliphatic rings. The van der Waals surface area contributed by atoms with E-state index in [2.05, 4.69) is 0 Å². The number of halogens is 1. The maximum atomic E-state index is 13.4. The predicted octanol–water partition coefficient (Wildman–Crippen LogP) is 2.90. The molecule has 17 heavy (non-hydrogen) atoms. The highest BCUT2D eigenvalue weighted by Crippen LogP contribution is 2.18. The minimum absolute atomic E-state index is 0.0611. The van der Waals surface area contributed by atoms with E-state index in [-0.39, 0.29) is 10.6 Å². The summed E-state index contributed by atoms with van der Waals surface area (Å²) < 4.78 is 37.2. The fourth-order valence-electron chi connectivity index (χ4n) is 1.50. The zero-order chi connectivity index (χ0) is 12.3. The van der Waals surface area contributed by atoms with Gasteiger partial charge in [0.15, 0.2) is 9.84 Å². The van der Waals surface area contributed by atoms with E-state index in [1.807, 2.05) is 17.5 Å². The fourth-order valence-corrected chi connectivity index (χ4v) is 3.69. The number of hydrogen-bond donors (Lipinski definition) is 0. The first-order valence-corrected chi connectivity index (χ1v) is 7.62. The molecule has 0 saturated heterocycles. The number of sulfone groups is 1. The van der Waals surface area contributed by atoms with E-state index in [1.165, 1.54) is 29.5 Å². The molecule has 0 saturated carbocycles. The maximum absolute atomic E-state index is 13.4. The van der Waals surface area contributed by atoms with Crippen LogP contribution in [0, 0.1) is 5.82 Å². The van der Waals surface area contributed by atoms with E-state index < -0.39 is 15.7 Å². The first kappa shape index (κ1) is 12.3. The van der Waals surface area contributed by atoms with E-state index in [4.69, 9.17) is 0 Å². The Kier molecular flexibility index (Phi) is 3.59. The van der Waals surface area contributed by atoms with Crippen molar-refractivity contribution in [3.8, 4) is 0 Å². The third-order valence-corrected chi connectivity index (χ3v) is 5.05. The molecule has 2 aromatic rings. The van der Waals surface area contributed by atoms with Crippen LogP contribution in [0.2, 0.25) is 0 Å². The third kappa shape index (κ3) is 2.92. The molecule has 2 rings (SSSR count). The van der Waals surface area contributed by atoms with E-state index in [0.717, 1.165) is 10.9 Å². The monoisotopic (exact) mass is 270 g/mol. The van der Waals surface area contributed by atoms with Crippen LogP contribution in [0.4, 0.5) is 4.39 Å². The summed E-state index contributed by atoms with van der Waals surface area (Å²) in [4.78, 5) is 0.779. The Morgan fingerprint density at radius 3 is 2.53 bits per heavy atom. The molecule has 0 fully saturated rings. The molecule has 1 aromatic heterocycles. The molecule has 0 atom stereocenters. The molecule has 5 heteroatoms. The lowest BCUT2D eigenvalue weighted by Crippen LogP contribution is -2.10. The van der Waals surface area contributed by atoms with Crippen LogP contribution in [0.25, 0.3) is 0 Å². The van der Waals surface area contributed by atoms with Crippen molar-refractivity contribution in [1.82, 2.24) is 0 Å². The number of benzene rings is 1. The highest BCUT2D eigenvalue weighted by molar-refractivity contribution is 7.91. The number of aryl methyl sites for hydroxylation is 1. The molecule has 0 radical (unpaired) electrons. The highest BCUT2D eigenvalue weighted by Gasteiger charge is 2.18. The molecule has 1 heterocycles. The number of thiophene rings is 1. The molecule has 1 aromatic carbocycles. The highest BCUT2D eigenvalue weighted by atomic mass is 32.2. The van der Waals surface area contributed by atoms with E-state index >= 15 is 0 Å². The molecule has 0 unspecified atom stereocenters. The summed E-state index contributed by atoms with van der Waals surface area (Å²) in [7, 11) is -3.54. The van der Waals surface area contributed by atoms with Gasteiger partial charge in [-0.25, -0.2) is 12.8 Å². The summed E-state index contributed by atoms with van der Waals surface area (Å²) in [5.41, 5.74) is 0. The van der Waals surface area contributed by atoms with Gasteiger partial charge in [-0.1, -0.05) is 18.2 Å². The Balaban J connectivity index is 2.17. The van der Waals surface area contributed by atoms with Crippen molar-refractivity contribution in [1.29, 1.82) is 0 Å². The molecule has 0 bridgehead atoms. The van der Waals surface area contributed by atoms with Gasteiger partial charge < -0.3 is 0 Å². The van der Waals surface area contributed by atoms with Crippen molar-refractivity contribution in [2.24, 2.45) is 0 Å². The Bertz CT molecular complexity index is 589. The Morgan fingerprint density at radius 2 is 1.88 bits per heavy atom. The molecular formula is C12H11FO2S2. The lowest BCUT2D eigenvalue weighted by atomic mass is 10.3. The van der Waals surface area contributed by atoms with Gasteiger partial charge in [-0.15, -0.1) is 11.3 Å². The van der Waals surface area contributed by atoms with Gasteiger partial charge in [-0.2, -0.15) is 0 Å². The summed E-state index contributed by atoms with van der Waals surface area (Å²) in [5.74, 6) is -0.743. The van der Waals surface area contributed by atoms with Gasteiger partial charge in [0.1, 0.15) is 10.7 Å². The van der Waals surface area contributed by atoms with Gasteiger partial charge in [0, 0.05) is 4.88 Å². The second-order valence-electron chi connectivity index (χ2n) is 3.58. The second kappa shape index (κ2) is 4.98. The average Bonchev–Trinajstić information content (AvgIpc) is 2.80. The lowest BCUT2D eigenvalue weighted by Gasteiger charge is -2.04.